The molecule has 2 aromatic rings. The van der Waals surface area contributed by atoms with Gasteiger partial charge in [-0.2, -0.15) is 0 Å². The number of benzene rings is 2. The third-order valence-electron chi connectivity index (χ3n) is 2.28. The average molecular weight is 305 g/mol. The van der Waals surface area contributed by atoms with Crippen LogP contribution in [-0.2, 0) is 5.75 Å². The van der Waals surface area contributed by atoms with Gasteiger partial charge in [-0.15, -0.1) is 11.8 Å². The molecule has 5 heteroatoms. The predicted octanol–water partition coefficient (Wildman–Crippen LogP) is 5.56. The number of hydrogen-bond acceptors (Lipinski definition) is 1. The van der Waals surface area contributed by atoms with Crippen molar-refractivity contribution >= 4 is 35.0 Å². The maximum Gasteiger partial charge on any atom is 0.142 e. The first-order valence-electron chi connectivity index (χ1n) is 5.08. The van der Waals surface area contributed by atoms with Crippen molar-refractivity contribution in [2.45, 2.75) is 10.6 Å². The maximum absolute atomic E-state index is 13.2. The van der Waals surface area contributed by atoms with E-state index in [-0.39, 0.29) is 10.0 Å². The molecule has 0 aliphatic heterocycles. The Kier molecular flexibility index (Phi) is 4.49. The molecule has 0 aromatic heterocycles. The smallest absolute Gasteiger partial charge is 0.142 e. The molecule has 0 amide bonds. The topological polar surface area (TPSA) is 0 Å². The van der Waals surface area contributed by atoms with E-state index < -0.39 is 11.6 Å². The van der Waals surface area contributed by atoms with Gasteiger partial charge < -0.3 is 0 Å². The minimum Gasteiger partial charge on any atom is -0.205 e. The molecule has 0 radical (unpaired) electrons. The number of hydrogen-bond donors (Lipinski definition) is 0. The molecule has 94 valence electrons. The first-order chi connectivity index (χ1) is 8.56. The Morgan fingerprint density at radius 3 is 2.11 bits per heavy atom. The molecule has 0 saturated heterocycles. The fourth-order valence-corrected chi connectivity index (χ4v) is 2.46. The molecule has 0 spiro atoms. The molecule has 0 saturated carbocycles. The molecule has 18 heavy (non-hydrogen) atoms. The van der Waals surface area contributed by atoms with Gasteiger partial charge in [0.2, 0.25) is 0 Å². The molecule has 0 nitrogen and oxygen atoms in total. The number of rotatable bonds is 3. The van der Waals surface area contributed by atoms with Crippen LogP contribution in [0.3, 0.4) is 0 Å². The van der Waals surface area contributed by atoms with E-state index in [4.69, 9.17) is 23.2 Å². The van der Waals surface area contributed by atoms with E-state index in [9.17, 15) is 8.78 Å². The van der Waals surface area contributed by atoms with E-state index in [0.717, 1.165) is 10.5 Å². The summed E-state index contributed by atoms with van der Waals surface area (Å²) in [4.78, 5) is 0.743. The van der Waals surface area contributed by atoms with Gasteiger partial charge in [-0.1, -0.05) is 29.3 Å². The molecule has 0 bridgehead atoms. The van der Waals surface area contributed by atoms with Crippen molar-refractivity contribution in [3.8, 4) is 0 Å². The zero-order chi connectivity index (χ0) is 13.1. The lowest BCUT2D eigenvalue weighted by Crippen LogP contribution is -1.85. The second-order valence-corrected chi connectivity index (χ2v) is 5.48. The van der Waals surface area contributed by atoms with Gasteiger partial charge in [0, 0.05) is 10.6 Å². The van der Waals surface area contributed by atoms with E-state index in [1.807, 2.05) is 0 Å². The molecule has 0 atom stereocenters. The SMILES string of the molecule is Fc1cc(CSc2ccc(Cl)c(F)c2)ccc1Cl. The summed E-state index contributed by atoms with van der Waals surface area (Å²) in [5.41, 5.74) is 0.789. The van der Waals surface area contributed by atoms with Gasteiger partial charge in [-0.3, -0.25) is 0 Å². The highest BCUT2D eigenvalue weighted by molar-refractivity contribution is 7.98. The van der Waals surface area contributed by atoms with Crippen LogP contribution in [0.1, 0.15) is 5.56 Å². The maximum atomic E-state index is 13.2. The van der Waals surface area contributed by atoms with Gasteiger partial charge in [-0.25, -0.2) is 8.78 Å². The van der Waals surface area contributed by atoms with Gasteiger partial charge in [0.05, 0.1) is 10.0 Å². The summed E-state index contributed by atoms with van der Waals surface area (Å²) in [6.45, 7) is 0. The Balaban J connectivity index is 2.06. The van der Waals surface area contributed by atoms with Crippen molar-refractivity contribution < 1.29 is 8.78 Å². The molecule has 0 fully saturated rings. The summed E-state index contributed by atoms with van der Waals surface area (Å²) in [7, 11) is 0. The third-order valence-corrected chi connectivity index (χ3v) is 3.96. The lowest BCUT2D eigenvalue weighted by Gasteiger charge is -2.04. The summed E-state index contributed by atoms with van der Waals surface area (Å²) < 4.78 is 26.4. The van der Waals surface area contributed by atoms with Crippen LogP contribution in [0.5, 0.6) is 0 Å². The molecule has 2 aromatic carbocycles. The van der Waals surface area contributed by atoms with Crippen LogP contribution in [0.2, 0.25) is 10.0 Å². The fraction of sp³-hybridized carbons (Fsp3) is 0.0769. The van der Waals surface area contributed by atoms with Crippen LogP contribution in [0, 0.1) is 11.6 Å². The monoisotopic (exact) mass is 304 g/mol. The lowest BCUT2D eigenvalue weighted by molar-refractivity contribution is 0.624. The Bertz CT molecular complexity index is 521. The highest BCUT2D eigenvalue weighted by Gasteiger charge is 2.04. The zero-order valence-electron chi connectivity index (χ0n) is 9.09. The third kappa shape index (κ3) is 3.37. The van der Waals surface area contributed by atoms with Crippen molar-refractivity contribution in [3.63, 3.8) is 0 Å². The van der Waals surface area contributed by atoms with Crippen molar-refractivity contribution in [1.29, 1.82) is 0 Å². The lowest BCUT2D eigenvalue weighted by atomic mass is 10.2. The minimum absolute atomic E-state index is 0.0943. The molecule has 2 rings (SSSR count). The Morgan fingerprint density at radius 2 is 1.50 bits per heavy atom. The number of thioether (sulfide) groups is 1. The first kappa shape index (κ1) is 13.7. The van der Waals surface area contributed by atoms with Crippen LogP contribution < -0.4 is 0 Å². The Hall–Kier alpha value is -0.770. The Morgan fingerprint density at radius 1 is 0.889 bits per heavy atom. The fourth-order valence-electron chi connectivity index (χ4n) is 1.36. The second-order valence-electron chi connectivity index (χ2n) is 3.61. The molecule has 0 heterocycles. The molecule has 0 N–H and O–H groups in total. The van der Waals surface area contributed by atoms with Gasteiger partial charge in [0.1, 0.15) is 11.6 Å². The van der Waals surface area contributed by atoms with Gasteiger partial charge in [0.25, 0.3) is 0 Å². The van der Waals surface area contributed by atoms with E-state index in [0.29, 0.717) is 5.75 Å². The normalized spacial score (nSPS) is 10.7. The van der Waals surface area contributed by atoms with Crippen molar-refractivity contribution in [2.24, 2.45) is 0 Å². The summed E-state index contributed by atoms with van der Waals surface area (Å²) in [5.74, 6) is -0.365. The first-order valence-corrected chi connectivity index (χ1v) is 6.82. The van der Waals surface area contributed by atoms with Gasteiger partial charge >= 0.3 is 0 Å². The highest BCUT2D eigenvalue weighted by atomic mass is 35.5. The molecular formula is C13H8Cl2F2S. The minimum atomic E-state index is -0.455. The Labute approximate surface area is 118 Å². The number of halogens is 4. The molecular weight excluding hydrogens is 297 g/mol. The summed E-state index contributed by atoms with van der Waals surface area (Å²) in [5, 5.41) is 0.193. The molecule has 0 aliphatic carbocycles. The summed E-state index contributed by atoms with van der Waals surface area (Å²) >= 11 is 12.6. The van der Waals surface area contributed by atoms with E-state index in [1.54, 1.807) is 12.1 Å². The van der Waals surface area contributed by atoms with Crippen LogP contribution in [-0.4, -0.2) is 0 Å². The van der Waals surface area contributed by atoms with Crippen molar-refractivity contribution in [3.05, 3.63) is 63.6 Å². The summed E-state index contributed by atoms with van der Waals surface area (Å²) in [6, 6.07) is 9.21. The van der Waals surface area contributed by atoms with Crippen LogP contribution in [0.25, 0.3) is 0 Å². The van der Waals surface area contributed by atoms with Crippen LogP contribution in [0.4, 0.5) is 8.78 Å². The van der Waals surface area contributed by atoms with E-state index >= 15 is 0 Å². The van der Waals surface area contributed by atoms with E-state index in [1.165, 1.54) is 36.0 Å². The average Bonchev–Trinajstić information content (AvgIpc) is 2.35. The standard InChI is InChI=1S/C13H8Cl2F2S/c14-10-3-1-8(5-12(10)16)7-18-9-2-4-11(15)13(17)6-9/h1-6H,7H2. The summed E-state index contributed by atoms with van der Waals surface area (Å²) in [6.07, 6.45) is 0. The van der Waals surface area contributed by atoms with Gasteiger partial charge in [0.15, 0.2) is 0 Å². The van der Waals surface area contributed by atoms with Crippen molar-refractivity contribution in [1.82, 2.24) is 0 Å². The second kappa shape index (κ2) is 5.91. The van der Waals surface area contributed by atoms with Crippen molar-refractivity contribution in [2.75, 3.05) is 0 Å². The predicted molar refractivity (Wildman–Crippen MR) is 72.4 cm³/mol. The van der Waals surface area contributed by atoms with Crippen LogP contribution >= 0.6 is 35.0 Å². The largest absolute Gasteiger partial charge is 0.205 e. The van der Waals surface area contributed by atoms with Crippen LogP contribution in [0.15, 0.2) is 41.3 Å². The zero-order valence-corrected chi connectivity index (χ0v) is 11.4. The van der Waals surface area contributed by atoms with E-state index in [2.05, 4.69) is 0 Å². The van der Waals surface area contributed by atoms with Gasteiger partial charge in [-0.05, 0) is 35.9 Å². The molecule has 0 aliphatic rings. The molecule has 0 unspecified atom stereocenters. The highest BCUT2D eigenvalue weighted by Crippen LogP contribution is 2.27. The quantitative estimate of drug-likeness (QED) is 0.669.